The van der Waals surface area contributed by atoms with Gasteiger partial charge in [0.25, 0.3) is 0 Å². The lowest BCUT2D eigenvalue weighted by Crippen LogP contribution is -2.12. The highest BCUT2D eigenvalue weighted by Gasteiger charge is 2.12. The molecule has 5 nitrogen and oxygen atoms in total. The first kappa shape index (κ1) is 22.3. The second-order valence-corrected chi connectivity index (χ2v) is 9.38. The summed E-state index contributed by atoms with van der Waals surface area (Å²) in [6, 6.07) is 13.3. The minimum Gasteiger partial charge on any atom is -0.302 e. The zero-order chi connectivity index (χ0) is 21.5. The van der Waals surface area contributed by atoms with Crippen LogP contribution in [0.25, 0.3) is 11.3 Å². The maximum atomic E-state index is 12.3. The highest BCUT2D eigenvalue weighted by Crippen LogP contribution is 2.30. The second kappa shape index (κ2) is 10.6. The molecule has 2 heterocycles. The summed E-state index contributed by atoms with van der Waals surface area (Å²) in [5.41, 5.74) is 3.08. The number of carbonyl (C=O) groups excluding carboxylic acids is 1. The molecule has 30 heavy (non-hydrogen) atoms. The van der Waals surface area contributed by atoms with E-state index in [9.17, 15) is 10.1 Å². The lowest BCUT2D eigenvalue weighted by molar-refractivity contribution is -0.115. The van der Waals surface area contributed by atoms with Crippen molar-refractivity contribution in [1.82, 2.24) is 9.97 Å². The molecule has 0 spiro atoms. The fourth-order valence-electron chi connectivity index (χ4n) is 2.75. The van der Waals surface area contributed by atoms with Gasteiger partial charge in [0.15, 0.2) is 5.13 Å². The van der Waals surface area contributed by atoms with E-state index in [1.54, 1.807) is 6.07 Å². The number of carbonyl (C=O) groups is 1. The zero-order valence-electron chi connectivity index (χ0n) is 16.7. The fourth-order valence-corrected chi connectivity index (χ4v) is 4.64. The summed E-state index contributed by atoms with van der Waals surface area (Å²) < 4.78 is 0. The van der Waals surface area contributed by atoms with Gasteiger partial charge in [0.2, 0.25) is 5.91 Å². The summed E-state index contributed by atoms with van der Waals surface area (Å²) in [5.74, 6) is 0.893. The Kier molecular flexibility index (Phi) is 7.86. The van der Waals surface area contributed by atoms with Gasteiger partial charge in [0, 0.05) is 33.8 Å². The summed E-state index contributed by atoms with van der Waals surface area (Å²) in [6.07, 6.45) is 1.16. The number of hydrogen-bond acceptors (Lipinski definition) is 6. The first-order chi connectivity index (χ1) is 14.5. The number of pyridine rings is 1. The quantitative estimate of drug-likeness (QED) is 0.417. The summed E-state index contributed by atoms with van der Waals surface area (Å²) in [6.45, 7) is 4.26. The number of thiazole rings is 1. The summed E-state index contributed by atoms with van der Waals surface area (Å²) >= 11 is 9.00. The smallest absolute Gasteiger partial charge is 0.226 e. The van der Waals surface area contributed by atoms with E-state index in [0.717, 1.165) is 23.4 Å². The van der Waals surface area contributed by atoms with Crippen LogP contribution >= 0.6 is 34.7 Å². The van der Waals surface area contributed by atoms with Gasteiger partial charge in [-0.3, -0.25) is 4.79 Å². The molecule has 1 amide bonds. The third kappa shape index (κ3) is 6.05. The van der Waals surface area contributed by atoms with Gasteiger partial charge in [-0.25, -0.2) is 9.97 Å². The lowest BCUT2D eigenvalue weighted by Gasteiger charge is -2.08. The SMILES string of the molecule is CC(C)Cc1ccc(C#N)c(SCCC(=O)Nc2nc(-c3ccccc3Cl)cs2)n1. The molecule has 0 fully saturated rings. The summed E-state index contributed by atoms with van der Waals surface area (Å²) in [5, 5.41) is 15.9. The maximum Gasteiger partial charge on any atom is 0.226 e. The minimum atomic E-state index is -0.126. The highest BCUT2D eigenvalue weighted by molar-refractivity contribution is 7.99. The van der Waals surface area contributed by atoms with Gasteiger partial charge in [-0.15, -0.1) is 23.1 Å². The van der Waals surface area contributed by atoms with Crippen LogP contribution in [0.1, 0.15) is 31.5 Å². The fraction of sp³-hybridized carbons (Fsp3) is 0.273. The van der Waals surface area contributed by atoms with Crippen LogP contribution in [0.3, 0.4) is 0 Å². The van der Waals surface area contributed by atoms with Gasteiger partial charge < -0.3 is 5.32 Å². The van der Waals surface area contributed by atoms with Crippen LogP contribution in [0.5, 0.6) is 0 Å². The molecule has 0 saturated carbocycles. The van der Waals surface area contributed by atoms with Crippen molar-refractivity contribution >= 4 is 45.7 Å². The number of nitrogens with one attached hydrogen (secondary N) is 1. The first-order valence-corrected chi connectivity index (χ1v) is 11.7. The Hall–Kier alpha value is -2.40. The monoisotopic (exact) mass is 456 g/mol. The van der Waals surface area contributed by atoms with Crippen molar-refractivity contribution in [1.29, 1.82) is 5.26 Å². The zero-order valence-corrected chi connectivity index (χ0v) is 19.1. The topological polar surface area (TPSA) is 78.7 Å². The van der Waals surface area contributed by atoms with Gasteiger partial charge in [0.05, 0.1) is 11.3 Å². The van der Waals surface area contributed by atoms with Crippen molar-refractivity contribution in [2.45, 2.75) is 31.7 Å². The standard InChI is InChI=1S/C22H21ClN4OS2/c1-14(2)11-16-8-7-15(12-24)21(25-16)29-10-9-20(28)27-22-26-19(13-30-22)17-5-3-4-6-18(17)23/h3-8,13-14H,9-11H2,1-2H3,(H,26,27,28). The van der Waals surface area contributed by atoms with Gasteiger partial charge in [-0.05, 0) is 30.5 Å². The van der Waals surface area contributed by atoms with Crippen LogP contribution in [0.15, 0.2) is 46.8 Å². The van der Waals surface area contributed by atoms with Crippen molar-refractivity contribution in [3.8, 4) is 17.3 Å². The second-order valence-electron chi connectivity index (χ2n) is 7.03. The summed E-state index contributed by atoms with van der Waals surface area (Å²) in [4.78, 5) is 21.4. The third-order valence-corrected chi connectivity index (χ3v) is 6.20. The van der Waals surface area contributed by atoms with Gasteiger partial charge in [0.1, 0.15) is 11.1 Å². The number of aromatic nitrogens is 2. The molecular weight excluding hydrogens is 436 g/mol. The van der Waals surface area contributed by atoms with Crippen molar-refractivity contribution < 1.29 is 4.79 Å². The molecule has 1 aromatic carbocycles. The summed E-state index contributed by atoms with van der Waals surface area (Å²) in [7, 11) is 0. The number of amides is 1. The van der Waals surface area contributed by atoms with E-state index in [1.807, 2.05) is 35.7 Å². The Morgan fingerprint density at radius 1 is 1.27 bits per heavy atom. The Morgan fingerprint density at radius 2 is 2.07 bits per heavy atom. The molecule has 0 atom stereocenters. The van der Waals surface area contributed by atoms with Gasteiger partial charge >= 0.3 is 0 Å². The van der Waals surface area contributed by atoms with Crippen molar-refractivity contribution in [2.75, 3.05) is 11.1 Å². The van der Waals surface area contributed by atoms with E-state index < -0.39 is 0 Å². The average molecular weight is 457 g/mol. The van der Waals surface area contributed by atoms with Gasteiger partial charge in [-0.1, -0.05) is 43.6 Å². The van der Waals surface area contributed by atoms with Crippen molar-refractivity contribution in [2.24, 2.45) is 5.92 Å². The van der Waals surface area contributed by atoms with E-state index in [4.69, 9.17) is 11.6 Å². The van der Waals surface area contributed by atoms with Crippen LogP contribution in [0.2, 0.25) is 5.02 Å². The van der Waals surface area contributed by atoms with E-state index in [0.29, 0.717) is 38.8 Å². The van der Waals surface area contributed by atoms with Crippen molar-refractivity contribution in [3.05, 3.63) is 58.1 Å². The number of nitriles is 1. The van der Waals surface area contributed by atoms with E-state index in [-0.39, 0.29) is 5.91 Å². The van der Waals surface area contributed by atoms with E-state index in [2.05, 4.69) is 35.2 Å². The molecule has 3 aromatic rings. The number of hydrogen-bond donors (Lipinski definition) is 1. The molecule has 0 unspecified atom stereocenters. The molecule has 8 heteroatoms. The molecule has 0 aliphatic rings. The highest BCUT2D eigenvalue weighted by atomic mass is 35.5. The molecular formula is C22H21ClN4OS2. The molecule has 2 aromatic heterocycles. The normalized spacial score (nSPS) is 10.8. The Balaban J connectivity index is 1.56. The Bertz CT molecular complexity index is 1070. The maximum absolute atomic E-state index is 12.3. The number of thioether (sulfide) groups is 1. The van der Waals surface area contributed by atoms with Crippen LogP contribution in [0.4, 0.5) is 5.13 Å². The Labute approximate surface area is 189 Å². The molecule has 1 N–H and O–H groups in total. The average Bonchev–Trinajstić information content (AvgIpc) is 3.16. The van der Waals surface area contributed by atoms with Crippen LogP contribution in [-0.4, -0.2) is 21.6 Å². The third-order valence-electron chi connectivity index (χ3n) is 4.12. The molecule has 0 aliphatic carbocycles. The predicted octanol–water partition coefficient (Wildman–Crippen LogP) is 6.05. The molecule has 154 valence electrons. The molecule has 0 saturated heterocycles. The minimum absolute atomic E-state index is 0.126. The molecule has 0 bridgehead atoms. The predicted molar refractivity (Wildman–Crippen MR) is 124 cm³/mol. The van der Waals surface area contributed by atoms with E-state index >= 15 is 0 Å². The number of benzene rings is 1. The number of halogens is 1. The molecule has 3 rings (SSSR count). The molecule has 0 aliphatic heterocycles. The number of anilines is 1. The molecule has 0 radical (unpaired) electrons. The van der Waals surface area contributed by atoms with Crippen molar-refractivity contribution in [3.63, 3.8) is 0 Å². The van der Waals surface area contributed by atoms with Crippen LogP contribution in [-0.2, 0) is 11.2 Å². The lowest BCUT2D eigenvalue weighted by atomic mass is 10.1. The number of rotatable bonds is 8. The first-order valence-electron chi connectivity index (χ1n) is 9.49. The van der Waals surface area contributed by atoms with Gasteiger partial charge in [-0.2, -0.15) is 5.26 Å². The number of nitrogens with zero attached hydrogens (tertiary/aromatic N) is 3. The largest absolute Gasteiger partial charge is 0.302 e. The van der Waals surface area contributed by atoms with Crippen LogP contribution in [0, 0.1) is 17.2 Å². The Morgan fingerprint density at radius 3 is 2.80 bits per heavy atom. The van der Waals surface area contributed by atoms with Crippen LogP contribution < -0.4 is 5.32 Å². The van der Waals surface area contributed by atoms with E-state index in [1.165, 1.54) is 23.1 Å².